The van der Waals surface area contributed by atoms with Crippen LogP contribution in [0.1, 0.15) is 15.9 Å². The van der Waals surface area contributed by atoms with E-state index in [0.29, 0.717) is 13.1 Å². The van der Waals surface area contributed by atoms with Crippen molar-refractivity contribution < 1.29 is 4.79 Å². The highest BCUT2D eigenvalue weighted by molar-refractivity contribution is 5.94. The number of nitrogens with zero attached hydrogens (tertiary/aromatic N) is 6. The highest BCUT2D eigenvalue weighted by Gasteiger charge is 2.23. The average molecular weight is 380 g/mol. The van der Waals surface area contributed by atoms with Crippen LogP contribution < -0.4 is 9.80 Å². The molecule has 1 aromatic carbocycles. The molecule has 1 aromatic heterocycles. The number of amides is 1. The van der Waals surface area contributed by atoms with Crippen LogP contribution in [0.2, 0.25) is 0 Å². The first-order valence-corrected chi connectivity index (χ1v) is 9.98. The van der Waals surface area contributed by atoms with Gasteiger partial charge in [-0.15, -0.1) is 10.2 Å². The van der Waals surface area contributed by atoms with Crippen molar-refractivity contribution in [1.82, 2.24) is 20.0 Å². The van der Waals surface area contributed by atoms with E-state index in [4.69, 9.17) is 0 Å². The fraction of sp³-hybridized carbons (Fsp3) is 0.476. The van der Waals surface area contributed by atoms with Crippen LogP contribution >= 0.6 is 0 Å². The lowest BCUT2D eigenvalue weighted by Gasteiger charge is -2.36. The minimum absolute atomic E-state index is 0.108. The summed E-state index contributed by atoms with van der Waals surface area (Å²) in [5.74, 6) is 1.95. The van der Waals surface area contributed by atoms with Gasteiger partial charge in [0.1, 0.15) is 0 Å². The number of hydrogen-bond donors (Lipinski definition) is 0. The van der Waals surface area contributed by atoms with Gasteiger partial charge in [0.15, 0.2) is 11.6 Å². The van der Waals surface area contributed by atoms with E-state index in [-0.39, 0.29) is 5.91 Å². The molecule has 0 atom stereocenters. The van der Waals surface area contributed by atoms with Gasteiger partial charge in [-0.3, -0.25) is 4.79 Å². The lowest BCUT2D eigenvalue weighted by molar-refractivity contribution is 0.0746. The minimum Gasteiger partial charge on any atom is -0.353 e. The van der Waals surface area contributed by atoms with Gasteiger partial charge in [0.2, 0.25) is 0 Å². The second kappa shape index (κ2) is 8.14. The molecule has 0 N–H and O–H groups in total. The van der Waals surface area contributed by atoms with E-state index >= 15 is 0 Å². The number of anilines is 2. The number of rotatable bonds is 3. The largest absolute Gasteiger partial charge is 0.353 e. The summed E-state index contributed by atoms with van der Waals surface area (Å²) >= 11 is 0. The zero-order valence-corrected chi connectivity index (χ0v) is 16.7. The van der Waals surface area contributed by atoms with Gasteiger partial charge in [0.05, 0.1) is 0 Å². The molecule has 28 heavy (non-hydrogen) atoms. The van der Waals surface area contributed by atoms with Gasteiger partial charge < -0.3 is 19.6 Å². The summed E-state index contributed by atoms with van der Waals surface area (Å²) in [4.78, 5) is 21.4. The highest BCUT2D eigenvalue weighted by Crippen LogP contribution is 2.18. The number of aryl methyl sites for hydroxylation is 1. The molecule has 2 saturated heterocycles. The lowest BCUT2D eigenvalue weighted by Crippen LogP contribution is -2.49. The molecule has 0 aliphatic carbocycles. The van der Waals surface area contributed by atoms with E-state index in [0.717, 1.165) is 56.5 Å². The molecule has 2 aromatic rings. The van der Waals surface area contributed by atoms with Crippen LogP contribution in [0.25, 0.3) is 0 Å². The standard InChI is InChI=1S/C21H28N6O/c1-17-3-5-18(6-4-17)21(28)27-15-13-26(14-16-27)20-8-7-19(22-23-20)25-11-9-24(2)10-12-25/h3-8H,9-16H2,1-2H3. The topological polar surface area (TPSA) is 55.8 Å². The Morgan fingerprint density at radius 1 is 0.750 bits per heavy atom. The molecular weight excluding hydrogens is 352 g/mol. The monoisotopic (exact) mass is 380 g/mol. The van der Waals surface area contributed by atoms with Gasteiger partial charge in [-0.25, -0.2) is 0 Å². The van der Waals surface area contributed by atoms with Gasteiger partial charge in [-0.2, -0.15) is 0 Å². The highest BCUT2D eigenvalue weighted by atomic mass is 16.2. The van der Waals surface area contributed by atoms with Crippen molar-refractivity contribution in [3.8, 4) is 0 Å². The van der Waals surface area contributed by atoms with Crippen LogP contribution in [0, 0.1) is 6.92 Å². The Balaban J connectivity index is 1.33. The maximum atomic E-state index is 12.7. The zero-order valence-electron chi connectivity index (χ0n) is 16.7. The Bertz CT molecular complexity index is 791. The second-order valence-electron chi connectivity index (χ2n) is 7.69. The number of benzene rings is 1. The minimum atomic E-state index is 0.108. The van der Waals surface area contributed by atoms with Crippen LogP contribution in [0.15, 0.2) is 36.4 Å². The number of carbonyl (C=O) groups is 1. The summed E-state index contributed by atoms with van der Waals surface area (Å²) in [7, 11) is 2.15. The molecule has 1 amide bonds. The normalized spacial score (nSPS) is 18.4. The van der Waals surface area contributed by atoms with Crippen LogP contribution in [0.4, 0.5) is 11.6 Å². The Kier molecular flexibility index (Phi) is 5.43. The Morgan fingerprint density at radius 3 is 1.75 bits per heavy atom. The molecule has 2 aliphatic heterocycles. The summed E-state index contributed by atoms with van der Waals surface area (Å²) in [6, 6.07) is 11.9. The summed E-state index contributed by atoms with van der Waals surface area (Å²) in [6.07, 6.45) is 0. The molecule has 0 spiro atoms. The maximum Gasteiger partial charge on any atom is 0.253 e. The molecule has 2 aliphatic rings. The van der Waals surface area contributed by atoms with Gasteiger partial charge in [0, 0.05) is 57.9 Å². The number of likely N-dealkylation sites (N-methyl/N-ethyl adjacent to an activating group) is 1. The third kappa shape index (κ3) is 4.09. The second-order valence-corrected chi connectivity index (χ2v) is 7.69. The van der Waals surface area contributed by atoms with Crippen molar-refractivity contribution in [3.05, 3.63) is 47.5 Å². The summed E-state index contributed by atoms with van der Waals surface area (Å²) in [5, 5.41) is 8.90. The van der Waals surface area contributed by atoms with Crippen LogP contribution in [0.5, 0.6) is 0 Å². The fourth-order valence-electron chi connectivity index (χ4n) is 3.71. The molecule has 0 bridgehead atoms. The van der Waals surface area contributed by atoms with E-state index in [2.05, 4.69) is 44.1 Å². The summed E-state index contributed by atoms with van der Waals surface area (Å²) in [6.45, 7) is 9.09. The van der Waals surface area contributed by atoms with Crippen molar-refractivity contribution in [2.75, 3.05) is 69.2 Å². The fourth-order valence-corrected chi connectivity index (χ4v) is 3.71. The average Bonchev–Trinajstić information content (AvgIpc) is 2.75. The first-order valence-electron chi connectivity index (χ1n) is 9.98. The zero-order chi connectivity index (χ0) is 19.5. The van der Waals surface area contributed by atoms with Crippen molar-refractivity contribution in [2.45, 2.75) is 6.92 Å². The smallest absolute Gasteiger partial charge is 0.253 e. The number of hydrogen-bond acceptors (Lipinski definition) is 6. The number of piperazine rings is 2. The molecule has 3 heterocycles. The van der Waals surface area contributed by atoms with Gasteiger partial charge in [0.25, 0.3) is 5.91 Å². The van der Waals surface area contributed by atoms with Crippen molar-refractivity contribution in [1.29, 1.82) is 0 Å². The molecule has 0 unspecified atom stereocenters. The van der Waals surface area contributed by atoms with Crippen LogP contribution in [-0.2, 0) is 0 Å². The summed E-state index contributed by atoms with van der Waals surface area (Å²) < 4.78 is 0. The molecule has 148 valence electrons. The third-order valence-electron chi connectivity index (χ3n) is 5.65. The molecule has 2 fully saturated rings. The quantitative estimate of drug-likeness (QED) is 0.804. The first kappa shape index (κ1) is 18.7. The Hall–Kier alpha value is -2.67. The maximum absolute atomic E-state index is 12.7. The van der Waals surface area contributed by atoms with Crippen molar-refractivity contribution in [2.24, 2.45) is 0 Å². The van der Waals surface area contributed by atoms with E-state index in [1.165, 1.54) is 5.56 Å². The van der Waals surface area contributed by atoms with Gasteiger partial charge >= 0.3 is 0 Å². The molecule has 0 radical (unpaired) electrons. The Morgan fingerprint density at radius 2 is 1.25 bits per heavy atom. The SMILES string of the molecule is Cc1ccc(C(=O)N2CCN(c3ccc(N4CCN(C)CC4)nn3)CC2)cc1. The van der Waals surface area contributed by atoms with Crippen molar-refractivity contribution in [3.63, 3.8) is 0 Å². The summed E-state index contributed by atoms with van der Waals surface area (Å²) in [5.41, 5.74) is 1.93. The lowest BCUT2D eigenvalue weighted by atomic mass is 10.1. The van der Waals surface area contributed by atoms with E-state index in [1.54, 1.807) is 0 Å². The molecule has 4 rings (SSSR count). The predicted octanol–water partition coefficient (Wildman–Crippen LogP) is 1.50. The van der Waals surface area contributed by atoms with E-state index in [1.807, 2.05) is 36.1 Å². The van der Waals surface area contributed by atoms with Gasteiger partial charge in [-0.1, -0.05) is 17.7 Å². The van der Waals surface area contributed by atoms with E-state index < -0.39 is 0 Å². The first-order chi connectivity index (χ1) is 13.6. The number of aromatic nitrogens is 2. The predicted molar refractivity (Wildman–Crippen MR) is 111 cm³/mol. The van der Waals surface area contributed by atoms with E-state index in [9.17, 15) is 4.79 Å². The van der Waals surface area contributed by atoms with Crippen LogP contribution in [0.3, 0.4) is 0 Å². The molecular formula is C21H28N6O. The van der Waals surface area contributed by atoms with Gasteiger partial charge in [-0.05, 0) is 38.2 Å². The third-order valence-corrected chi connectivity index (χ3v) is 5.65. The van der Waals surface area contributed by atoms with Crippen LogP contribution in [-0.4, -0.2) is 85.3 Å². The molecule has 7 nitrogen and oxygen atoms in total. The van der Waals surface area contributed by atoms with Crippen molar-refractivity contribution >= 4 is 17.5 Å². The Labute approximate surface area is 166 Å². The molecule has 7 heteroatoms. The number of carbonyl (C=O) groups excluding carboxylic acids is 1. The molecule has 0 saturated carbocycles.